The molecule has 0 spiro atoms. The SMILES string of the molecule is Cc1cccc(OC[C@]2(O)CCN(Cc3nccn3C(C)C)C2)c1. The minimum absolute atomic E-state index is 0.325. The molecule has 1 saturated heterocycles. The summed E-state index contributed by atoms with van der Waals surface area (Å²) >= 11 is 0. The molecule has 0 bridgehead atoms. The molecule has 1 N–H and O–H groups in total. The van der Waals surface area contributed by atoms with Crippen LogP contribution in [0.5, 0.6) is 5.75 Å². The fourth-order valence-electron chi connectivity index (χ4n) is 3.25. The van der Waals surface area contributed by atoms with Gasteiger partial charge in [0.1, 0.15) is 23.8 Å². The van der Waals surface area contributed by atoms with Gasteiger partial charge in [-0.1, -0.05) is 12.1 Å². The Morgan fingerprint density at radius 3 is 2.96 bits per heavy atom. The van der Waals surface area contributed by atoms with Crippen molar-refractivity contribution >= 4 is 0 Å². The van der Waals surface area contributed by atoms with Crippen molar-refractivity contribution in [3.8, 4) is 5.75 Å². The van der Waals surface area contributed by atoms with E-state index in [1.807, 2.05) is 43.6 Å². The van der Waals surface area contributed by atoms with Gasteiger partial charge in [-0.05, 0) is 44.9 Å². The first-order valence-corrected chi connectivity index (χ1v) is 8.61. The highest BCUT2D eigenvalue weighted by Gasteiger charge is 2.37. The standard InChI is InChI=1S/C19H27N3O2/c1-15(2)22-10-8-20-18(22)12-21-9-7-19(23,13-21)14-24-17-6-4-5-16(3)11-17/h4-6,8,10-11,15,23H,7,9,12-14H2,1-3H3/t19-/m0/s1. The lowest BCUT2D eigenvalue weighted by molar-refractivity contribution is 0.00311. The van der Waals surface area contributed by atoms with E-state index in [9.17, 15) is 5.11 Å². The number of aromatic nitrogens is 2. The minimum atomic E-state index is -0.793. The van der Waals surface area contributed by atoms with Gasteiger partial charge >= 0.3 is 0 Å². The van der Waals surface area contributed by atoms with Crippen LogP contribution in [0.4, 0.5) is 0 Å². The summed E-state index contributed by atoms with van der Waals surface area (Å²) in [6, 6.07) is 8.34. The van der Waals surface area contributed by atoms with Gasteiger partial charge in [-0.15, -0.1) is 0 Å². The summed E-state index contributed by atoms with van der Waals surface area (Å²) < 4.78 is 8.00. The second-order valence-electron chi connectivity index (χ2n) is 7.13. The van der Waals surface area contributed by atoms with Crippen molar-refractivity contribution in [2.24, 2.45) is 0 Å². The molecule has 2 aromatic rings. The molecular formula is C19H27N3O2. The van der Waals surface area contributed by atoms with Gasteiger partial charge in [-0.3, -0.25) is 4.90 Å². The Morgan fingerprint density at radius 2 is 2.21 bits per heavy atom. The molecule has 0 radical (unpaired) electrons. The molecule has 3 rings (SSSR count). The van der Waals surface area contributed by atoms with Crippen molar-refractivity contribution in [2.75, 3.05) is 19.7 Å². The number of aliphatic hydroxyl groups is 1. The van der Waals surface area contributed by atoms with Crippen LogP contribution in [0.1, 0.15) is 37.7 Å². The van der Waals surface area contributed by atoms with Crippen LogP contribution in [-0.4, -0.2) is 44.9 Å². The van der Waals surface area contributed by atoms with Gasteiger partial charge in [-0.2, -0.15) is 0 Å². The van der Waals surface area contributed by atoms with Crippen LogP contribution >= 0.6 is 0 Å². The predicted octanol–water partition coefficient (Wildman–Crippen LogP) is 2.79. The van der Waals surface area contributed by atoms with E-state index in [2.05, 4.69) is 28.3 Å². The van der Waals surface area contributed by atoms with E-state index in [0.717, 1.165) is 36.6 Å². The molecule has 1 fully saturated rings. The molecule has 0 amide bonds. The maximum atomic E-state index is 10.8. The minimum Gasteiger partial charge on any atom is -0.491 e. The summed E-state index contributed by atoms with van der Waals surface area (Å²) in [6.45, 7) is 8.91. The Morgan fingerprint density at radius 1 is 1.38 bits per heavy atom. The monoisotopic (exact) mass is 329 g/mol. The van der Waals surface area contributed by atoms with Crippen LogP contribution in [0.25, 0.3) is 0 Å². The number of likely N-dealkylation sites (tertiary alicyclic amines) is 1. The van der Waals surface area contributed by atoms with E-state index >= 15 is 0 Å². The maximum absolute atomic E-state index is 10.8. The molecular weight excluding hydrogens is 302 g/mol. The first kappa shape index (κ1) is 17.0. The molecule has 1 aliphatic rings. The molecule has 2 heterocycles. The van der Waals surface area contributed by atoms with Gasteiger partial charge in [0.2, 0.25) is 0 Å². The number of benzene rings is 1. The summed E-state index contributed by atoms with van der Waals surface area (Å²) in [5.74, 6) is 1.87. The zero-order valence-corrected chi connectivity index (χ0v) is 14.8. The quantitative estimate of drug-likeness (QED) is 0.885. The summed E-state index contributed by atoms with van der Waals surface area (Å²) in [5, 5.41) is 10.8. The van der Waals surface area contributed by atoms with Gasteiger partial charge in [0.15, 0.2) is 0 Å². The number of aryl methyl sites for hydroxylation is 1. The van der Waals surface area contributed by atoms with Crippen LogP contribution < -0.4 is 4.74 Å². The molecule has 1 aromatic carbocycles. The van der Waals surface area contributed by atoms with E-state index in [4.69, 9.17) is 4.74 Å². The first-order valence-electron chi connectivity index (χ1n) is 8.61. The van der Waals surface area contributed by atoms with Crippen LogP contribution in [0.3, 0.4) is 0 Å². The zero-order valence-electron chi connectivity index (χ0n) is 14.8. The van der Waals surface area contributed by atoms with Crippen molar-refractivity contribution in [2.45, 2.75) is 45.4 Å². The van der Waals surface area contributed by atoms with Gasteiger partial charge in [0.25, 0.3) is 0 Å². The molecule has 1 aliphatic heterocycles. The highest BCUT2D eigenvalue weighted by atomic mass is 16.5. The third-order valence-corrected chi connectivity index (χ3v) is 4.58. The number of nitrogens with zero attached hydrogens (tertiary/aromatic N) is 3. The lowest BCUT2D eigenvalue weighted by atomic mass is 10.1. The molecule has 0 unspecified atom stereocenters. The van der Waals surface area contributed by atoms with E-state index in [1.165, 1.54) is 0 Å². The fourth-order valence-corrected chi connectivity index (χ4v) is 3.25. The molecule has 5 heteroatoms. The van der Waals surface area contributed by atoms with Crippen molar-refractivity contribution in [1.29, 1.82) is 0 Å². The van der Waals surface area contributed by atoms with Gasteiger partial charge < -0.3 is 14.4 Å². The maximum Gasteiger partial charge on any atom is 0.123 e. The van der Waals surface area contributed by atoms with Gasteiger partial charge in [-0.25, -0.2) is 4.98 Å². The molecule has 24 heavy (non-hydrogen) atoms. The van der Waals surface area contributed by atoms with Crippen molar-refractivity contribution in [3.05, 3.63) is 48.0 Å². The normalized spacial score (nSPS) is 21.5. The lowest BCUT2D eigenvalue weighted by Gasteiger charge is -2.24. The van der Waals surface area contributed by atoms with Crippen molar-refractivity contribution in [3.63, 3.8) is 0 Å². The molecule has 1 aromatic heterocycles. The van der Waals surface area contributed by atoms with Crippen LogP contribution in [0.15, 0.2) is 36.7 Å². The summed E-state index contributed by atoms with van der Waals surface area (Å²) in [5.41, 5.74) is 0.368. The van der Waals surface area contributed by atoms with Gasteiger partial charge in [0, 0.05) is 31.5 Å². The van der Waals surface area contributed by atoms with Crippen molar-refractivity contribution < 1.29 is 9.84 Å². The Hall–Kier alpha value is -1.85. The Bertz CT molecular complexity index is 683. The largest absolute Gasteiger partial charge is 0.491 e. The fraction of sp³-hybridized carbons (Fsp3) is 0.526. The number of hydrogen-bond donors (Lipinski definition) is 1. The molecule has 5 nitrogen and oxygen atoms in total. The molecule has 130 valence electrons. The number of β-amino-alcohol motifs (C(OH)–C–C–N with tert-alkyl or cyclic N) is 1. The second kappa shape index (κ2) is 6.95. The van der Waals surface area contributed by atoms with Crippen LogP contribution in [0, 0.1) is 6.92 Å². The molecule has 0 aliphatic carbocycles. The average molecular weight is 329 g/mol. The molecule has 0 saturated carbocycles. The lowest BCUT2D eigenvalue weighted by Crippen LogP contribution is -2.39. The number of hydrogen-bond acceptors (Lipinski definition) is 4. The third kappa shape index (κ3) is 3.97. The number of imidazole rings is 1. The van der Waals surface area contributed by atoms with E-state index in [1.54, 1.807) is 0 Å². The summed E-state index contributed by atoms with van der Waals surface area (Å²) in [4.78, 5) is 6.71. The third-order valence-electron chi connectivity index (χ3n) is 4.58. The zero-order chi connectivity index (χ0) is 17.2. The second-order valence-corrected chi connectivity index (χ2v) is 7.13. The Labute approximate surface area is 143 Å². The predicted molar refractivity (Wildman–Crippen MR) is 94.1 cm³/mol. The average Bonchev–Trinajstić information content (AvgIpc) is 3.13. The number of ether oxygens (including phenoxy) is 1. The van der Waals surface area contributed by atoms with Crippen molar-refractivity contribution in [1.82, 2.24) is 14.5 Å². The number of rotatable bonds is 6. The highest BCUT2D eigenvalue weighted by Crippen LogP contribution is 2.25. The Kier molecular flexibility index (Phi) is 4.92. The van der Waals surface area contributed by atoms with Crippen LogP contribution in [-0.2, 0) is 6.54 Å². The molecule has 1 atom stereocenters. The summed E-state index contributed by atoms with van der Waals surface area (Å²) in [7, 11) is 0. The van der Waals surface area contributed by atoms with E-state index in [0.29, 0.717) is 19.2 Å². The first-order chi connectivity index (χ1) is 11.5. The van der Waals surface area contributed by atoms with Gasteiger partial charge in [0.05, 0.1) is 6.54 Å². The van der Waals surface area contributed by atoms with E-state index in [-0.39, 0.29) is 0 Å². The Balaban J connectivity index is 1.56. The smallest absolute Gasteiger partial charge is 0.123 e. The topological polar surface area (TPSA) is 50.5 Å². The summed E-state index contributed by atoms with van der Waals surface area (Å²) in [6.07, 6.45) is 4.59. The highest BCUT2D eigenvalue weighted by molar-refractivity contribution is 5.27. The van der Waals surface area contributed by atoms with Crippen LogP contribution in [0.2, 0.25) is 0 Å². The van der Waals surface area contributed by atoms with E-state index < -0.39 is 5.60 Å².